The van der Waals surface area contributed by atoms with Crippen LogP contribution in [0, 0.1) is 11.3 Å². The zero-order valence-electron chi connectivity index (χ0n) is 10.0. The minimum Gasteiger partial charge on any atom is -0.389 e. The van der Waals surface area contributed by atoms with Crippen LogP contribution in [0.25, 0.3) is 0 Å². The molecule has 0 spiro atoms. The van der Waals surface area contributed by atoms with E-state index in [4.69, 9.17) is 5.26 Å². The van der Waals surface area contributed by atoms with E-state index >= 15 is 0 Å². The number of para-hydroxylation sites is 1. The van der Waals surface area contributed by atoms with Crippen LogP contribution in [0.5, 0.6) is 0 Å². The van der Waals surface area contributed by atoms with Gasteiger partial charge in [-0.2, -0.15) is 5.26 Å². The first kappa shape index (κ1) is 12.5. The molecule has 1 aromatic carbocycles. The number of nitriles is 1. The van der Waals surface area contributed by atoms with E-state index < -0.39 is 6.10 Å². The molecule has 0 aliphatic rings. The van der Waals surface area contributed by atoms with E-state index in [1.807, 2.05) is 43.1 Å². The lowest BCUT2D eigenvalue weighted by Crippen LogP contribution is -2.29. The fraction of sp³-hybridized carbons (Fsp3) is 0.462. The van der Waals surface area contributed by atoms with Crippen LogP contribution in [0.1, 0.15) is 31.9 Å². The van der Waals surface area contributed by atoms with Crippen LogP contribution >= 0.6 is 0 Å². The fourth-order valence-corrected chi connectivity index (χ4v) is 1.67. The Labute approximate surface area is 96.9 Å². The van der Waals surface area contributed by atoms with E-state index in [0.717, 1.165) is 11.3 Å². The van der Waals surface area contributed by atoms with Crippen LogP contribution in [-0.4, -0.2) is 18.2 Å². The molecule has 0 aliphatic heterocycles. The fourth-order valence-electron chi connectivity index (χ4n) is 1.67. The number of anilines is 1. The van der Waals surface area contributed by atoms with Gasteiger partial charge >= 0.3 is 0 Å². The van der Waals surface area contributed by atoms with Crippen LogP contribution in [0.2, 0.25) is 0 Å². The number of aliphatic hydroxyl groups is 1. The van der Waals surface area contributed by atoms with Crippen molar-refractivity contribution in [3.63, 3.8) is 0 Å². The topological polar surface area (TPSA) is 47.3 Å². The minimum absolute atomic E-state index is 0.143. The second kappa shape index (κ2) is 5.53. The van der Waals surface area contributed by atoms with Gasteiger partial charge in [-0.3, -0.25) is 0 Å². The molecule has 2 atom stereocenters. The van der Waals surface area contributed by atoms with Gasteiger partial charge in [-0.1, -0.05) is 18.2 Å². The van der Waals surface area contributed by atoms with Gasteiger partial charge in [0, 0.05) is 24.3 Å². The van der Waals surface area contributed by atoms with Crippen molar-refractivity contribution in [3.8, 4) is 6.07 Å². The van der Waals surface area contributed by atoms with Crippen LogP contribution < -0.4 is 4.90 Å². The molecule has 0 aromatic heterocycles. The lowest BCUT2D eigenvalue weighted by atomic mass is 10.1. The first-order valence-corrected chi connectivity index (χ1v) is 5.44. The number of rotatable bonds is 4. The van der Waals surface area contributed by atoms with Crippen LogP contribution in [0.4, 0.5) is 5.69 Å². The van der Waals surface area contributed by atoms with E-state index in [-0.39, 0.29) is 6.04 Å². The highest BCUT2D eigenvalue weighted by Gasteiger charge is 2.15. The van der Waals surface area contributed by atoms with E-state index in [2.05, 4.69) is 6.07 Å². The van der Waals surface area contributed by atoms with Crippen molar-refractivity contribution >= 4 is 5.69 Å². The molecule has 0 amide bonds. The SMILES string of the molecule is CC(CC#N)N(C)c1ccccc1[C@@H](C)O. The summed E-state index contributed by atoms with van der Waals surface area (Å²) in [4.78, 5) is 2.03. The molecular formula is C13H18N2O. The second-order valence-electron chi connectivity index (χ2n) is 4.06. The molecule has 3 nitrogen and oxygen atoms in total. The Kier molecular flexibility index (Phi) is 4.33. The summed E-state index contributed by atoms with van der Waals surface area (Å²) < 4.78 is 0. The van der Waals surface area contributed by atoms with Crippen LogP contribution in [0.15, 0.2) is 24.3 Å². The number of nitrogens with zero attached hydrogens (tertiary/aromatic N) is 2. The van der Waals surface area contributed by atoms with Gasteiger partial charge in [0.1, 0.15) is 0 Å². The van der Waals surface area contributed by atoms with Gasteiger partial charge in [-0.05, 0) is 19.9 Å². The zero-order valence-corrected chi connectivity index (χ0v) is 10.0. The van der Waals surface area contributed by atoms with Gasteiger partial charge in [0.2, 0.25) is 0 Å². The third kappa shape index (κ3) is 2.74. The molecule has 1 aromatic rings. The Morgan fingerprint density at radius 3 is 2.56 bits per heavy atom. The summed E-state index contributed by atoms with van der Waals surface area (Å²) in [5.41, 5.74) is 1.88. The highest BCUT2D eigenvalue weighted by atomic mass is 16.3. The maximum atomic E-state index is 9.67. The average molecular weight is 218 g/mol. The van der Waals surface area contributed by atoms with E-state index in [1.165, 1.54) is 0 Å². The Morgan fingerprint density at radius 1 is 1.38 bits per heavy atom. The van der Waals surface area contributed by atoms with Gasteiger partial charge in [-0.25, -0.2) is 0 Å². The molecule has 1 N–H and O–H groups in total. The van der Waals surface area contributed by atoms with Crippen LogP contribution in [-0.2, 0) is 0 Å². The van der Waals surface area contributed by atoms with E-state index in [9.17, 15) is 5.11 Å². The molecule has 0 radical (unpaired) electrons. The molecule has 0 aliphatic carbocycles. The number of benzene rings is 1. The lowest BCUT2D eigenvalue weighted by molar-refractivity contribution is 0.199. The third-order valence-corrected chi connectivity index (χ3v) is 2.81. The molecule has 16 heavy (non-hydrogen) atoms. The Balaban J connectivity index is 2.99. The first-order valence-electron chi connectivity index (χ1n) is 5.44. The number of hydrogen-bond donors (Lipinski definition) is 1. The third-order valence-electron chi connectivity index (χ3n) is 2.81. The van der Waals surface area contributed by atoms with Crippen molar-refractivity contribution in [1.29, 1.82) is 5.26 Å². The molecule has 0 saturated carbocycles. The van der Waals surface area contributed by atoms with E-state index in [0.29, 0.717) is 6.42 Å². The van der Waals surface area contributed by atoms with Gasteiger partial charge in [0.05, 0.1) is 18.6 Å². The number of aliphatic hydroxyl groups excluding tert-OH is 1. The molecule has 86 valence electrons. The van der Waals surface area contributed by atoms with Crippen molar-refractivity contribution in [2.45, 2.75) is 32.4 Å². The molecular weight excluding hydrogens is 200 g/mol. The van der Waals surface area contributed by atoms with Crippen molar-refractivity contribution in [2.24, 2.45) is 0 Å². The largest absolute Gasteiger partial charge is 0.389 e. The van der Waals surface area contributed by atoms with Crippen molar-refractivity contribution < 1.29 is 5.11 Å². The molecule has 1 unspecified atom stereocenters. The van der Waals surface area contributed by atoms with Gasteiger partial charge in [-0.15, -0.1) is 0 Å². The summed E-state index contributed by atoms with van der Waals surface area (Å²) in [6.45, 7) is 3.75. The van der Waals surface area contributed by atoms with Crippen molar-refractivity contribution in [3.05, 3.63) is 29.8 Å². The zero-order chi connectivity index (χ0) is 12.1. The monoisotopic (exact) mass is 218 g/mol. The quantitative estimate of drug-likeness (QED) is 0.844. The smallest absolute Gasteiger partial charge is 0.0781 e. The Morgan fingerprint density at radius 2 is 2.00 bits per heavy atom. The minimum atomic E-state index is -0.493. The summed E-state index contributed by atoms with van der Waals surface area (Å²) >= 11 is 0. The Bertz CT molecular complexity index is 382. The molecule has 0 fully saturated rings. The first-order chi connectivity index (χ1) is 7.57. The normalized spacial score (nSPS) is 13.9. The van der Waals surface area contributed by atoms with Gasteiger partial charge < -0.3 is 10.0 Å². The lowest BCUT2D eigenvalue weighted by Gasteiger charge is -2.28. The predicted octanol–water partition coefficient (Wildman–Crippen LogP) is 2.48. The molecule has 0 heterocycles. The van der Waals surface area contributed by atoms with Crippen molar-refractivity contribution in [2.75, 3.05) is 11.9 Å². The molecule has 1 rings (SSSR count). The standard InChI is InChI=1S/C13H18N2O/c1-10(8-9-14)15(3)13-7-5-4-6-12(13)11(2)16/h4-7,10-11,16H,8H2,1-3H3/t10?,11-/m1/s1. The summed E-state index contributed by atoms with van der Waals surface area (Å²) in [6, 6.07) is 10.0. The summed E-state index contributed by atoms with van der Waals surface area (Å²) in [5, 5.41) is 18.4. The number of hydrogen-bond acceptors (Lipinski definition) is 3. The summed E-state index contributed by atoms with van der Waals surface area (Å²) in [6.07, 6.45) is -0.0158. The second-order valence-corrected chi connectivity index (χ2v) is 4.06. The summed E-state index contributed by atoms with van der Waals surface area (Å²) in [7, 11) is 1.95. The van der Waals surface area contributed by atoms with Crippen LogP contribution in [0.3, 0.4) is 0 Å². The highest BCUT2D eigenvalue weighted by molar-refractivity contribution is 5.54. The predicted molar refractivity (Wildman–Crippen MR) is 65.2 cm³/mol. The maximum absolute atomic E-state index is 9.67. The highest BCUT2D eigenvalue weighted by Crippen LogP contribution is 2.26. The maximum Gasteiger partial charge on any atom is 0.0781 e. The van der Waals surface area contributed by atoms with Gasteiger partial charge in [0.25, 0.3) is 0 Å². The van der Waals surface area contributed by atoms with Gasteiger partial charge in [0.15, 0.2) is 0 Å². The summed E-state index contributed by atoms with van der Waals surface area (Å²) in [5.74, 6) is 0. The molecule has 0 saturated heterocycles. The Hall–Kier alpha value is -1.53. The van der Waals surface area contributed by atoms with Crippen molar-refractivity contribution in [1.82, 2.24) is 0 Å². The van der Waals surface area contributed by atoms with E-state index in [1.54, 1.807) is 6.92 Å². The molecule has 3 heteroatoms. The average Bonchev–Trinajstić information content (AvgIpc) is 2.28. The molecule has 0 bridgehead atoms.